The summed E-state index contributed by atoms with van der Waals surface area (Å²) in [5, 5.41) is 0.851. The maximum Gasteiger partial charge on any atom is 0.200 e. The third-order valence-corrected chi connectivity index (χ3v) is 6.54. The third kappa shape index (κ3) is 6.45. The number of rotatable bonds is 8. The standard InChI is InChI=1S/C29H33F5N4/c1-5-18-14-20(16-29(2,3)15-18)7-6-19-8-10-21(11-9-19)37(4)12-13-38(36)22(17-35)23-24(30)26(32)28(34)27(33)25(23)31/h5-11,14,17H,12-13,15-16,35-36H2,1-4H3/b7-6+,18-5-,22-17-. The number of benzene rings is 2. The normalized spacial score (nSPS) is 16.7. The van der Waals surface area contributed by atoms with Crippen LogP contribution in [-0.4, -0.2) is 25.1 Å². The average molecular weight is 533 g/mol. The van der Waals surface area contributed by atoms with Gasteiger partial charge in [0.2, 0.25) is 5.82 Å². The summed E-state index contributed by atoms with van der Waals surface area (Å²) in [6.07, 6.45) is 11.4. The lowest BCUT2D eigenvalue weighted by Crippen LogP contribution is -2.37. The highest BCUT2D eigenvalue weighted by Crippen LogP contribution is 2.38. The number of hydrazine groups is 1. The van der Waals surface area contributed by atoms with Crippen LogP contribution < -0.4 is 16.5 Å². The van der Waals surface area contributed by atoms with E-state index < -0.39 is 40.3 Å². The predicted molar refractivity (Wildman–Crippen MR) is 143 cm³/mol. The van der Waals surface area contributed by atoms with Crippen LogP contribution in [0.3, 0.4) is 0 Å². The van der Waals surface area contributed by atoms with E-state index in [9.17, 15) is 22.0 Å². The van der Waals surface area contributed by atoms with Crippen molar-refractivity contribution in [2.75, 3.05) is 25.0 Å². The van der Waals surface area contributed by atoms with Gasteiger partial charge < -0.3 is 15.6 Å². The summed E-state index contributed by atoms with van der Waals surface area (Å²) in [5.41, 5.74) is 8.44. The largest absolute Gasteiger partial charge is 0.403 e. The van der Waals surface area contributed by atoms with Crippen molar-refractivity contribution in [2.45, 2.75) is 33.6 Å². The Morgan fingerprint density at radius 1 is 0.895 bits per heavy atom. The summed E-state index contributed by atoms with van der Waals surface area (Å²) >= 11 is 0. The van der Waals surface area contributed by atoms with E-state index in [2.05, 4.69) is 45.1 Å². The Balaban J connectivity index is 1.67. The molecule has 9 heteroatoms. The van der Waals surface area contributed by atoms with Crippen LogP contribution in [0.5, 0.6) is 0 Å². The number of likely N-dealkylation sites (N-methyl/N-ethyl adjacent to an activating group) is 1. The first-order valence-corrected chi connectivity index (χ1v) is 12.2. The molecule has 0 aliphatic heterocycles. The minimum Gasteiger partial charge on any atom is -0.403 e. The average Bonchev–Trinajstić information content (AvgIpc) is 2.89. The van der Waals surface area contributed by atoms with E-state index in [1.165, 1.54) is 11.1 Å². The van der Waals surface area contributed by atoms with Gasteiger partial charge in [-0.05, 0) is 48.4 Å². The molecular weight excluding hydrogens is 499 g/mol. The molecule has 4 nitrogen and oxygen atoms in total. The number of hydrogen-bond donors (Lipinski definition) is 2. The molecule has 3 rings (SSSR count). The van der Waals surface area contributed by atoms with E-state index in [0.717, 1.165) is 29.1 Å². The molecule has 0 spiro atoms. The van der Waals surface area contributed by atoms with Crippen LogP contribution in [0, 0.1) is 34.5 Å². The molecule has 0 saturated heterocycles. The smallest absolute Gasteiger partial charge is 0.200 e. The molecular formula is C29H33F5N4. The molecule has 0 aromatic heterocycles. The van der Waals surface area contributed by atoms with Gasteiger partial charge in [0.1, 0.15) is 0 Å². The predicted octanol–water partition coefficient (Wildman–Crippen LogP) is 6.66. The van der Waals surface area contributed by atoms with Gasteiger partial charge in [0.15, 0.2) is 23.3 Å². The number of hydrogen-bond acceptors (Lipinski definition) is 4. The maximum atomic E-state index is 14.2. The van der Waals surface area contributed by atoms with Crippen molar-refractivity contribution in [3.05, 3.63) is 100 Å². The number of nitrogens with zero attached hydrogens (tertiary/aromatic N) is 2. The van der Waals surface area contributed by atoms with Gasteiger partial charge in [0.05, 0.1) is 17.8 Å². The maximum absolute atomic E-state index is 14.2. The van der Waals surface area contributed by atoms with Crippen molar-refractivity contribution >= 4 is 17.5 Å². The summed E-state index contributed by atoms with van der Waals surface area (Å²) in [6, 6.07) is 7.77. The zero-order valence-electron chi connectivity index (χ0n) is 22.0. The lowest BCUT2D eigenvalue weighted by molar-refractivity contribution is 0.355. The molecule has 2 aromatic rings. The van der Waals surface area contributed by atoms with Gasteiger partial charge in [-0.15, -0.1) is 0 Å². The number of anilines is 1. The summed E-state index contributed by atoms with van der Waals surface area (Å²) in [4.78, 5) is 1.84. The fraction of sp³-hybridized carbons (Fsp3) is 0.310. The van der Waals surface area contributed by atoms with Crippen LogP contribution in [0.1, 0.15) is 44.7 Å². The first-order valence-electron chi connectivity index (χ1n) is 12.2. The van der Waals surface area contributed by atoms with Gasteiger partial charge >= 0.3 is 0 Å². The van der Waals surface area contributed by atoms with Crippen molar-refractivity contribution in [3.8, 4) is 0 Å². The minimum absolute atomic E-state index is 0.0160. The van der Waals surface area contributed by atoms with E-state index in [1.54, 1.807) is 7.05 Å². The molecule has 4 N–H and O–H groups in total. The second kappa shape index (κ2) is 11.9. The number of halogens is 5. The number of nitrogens with two attached hydrogens (primary N) is 2. The Bertz CT molecular complexity index is 1260. The molecule has 0 radical (unpaired) electrons. The lowest BCUT2D eigenvalue weighted by Gasteiger charge is -2.30. The fourth-order valence-corrected chi connectivity index (χ4v) is 4.50. The van der Waals surface area contributed by atoms with Crippen molar-refractivity contribution < 1.29 is 22.0 Å². The monoisotopic (exact) mass is 532 g/mol. The van der Waals surface area contributed by atoms with E-state index in [4.69, 9.17) is 11.6 Å². The van der Waals surface area contributed by atoms with Gasteiger partial charge in [-0.1, -0.05) is 55.9 Å². The van der Waals surface area contributed by atoms with Crippen LogP contribution in [0.25, 0.3) is 11.8 Å². The molecule has 1 aliphatic carbocycles. The summed E-state index contributed by atoms with van der Waals surface area (Å²) in [6.45, 7) is 6.84. The first-order chi connectivity index (χ1) is 17.9. The zero-order valence-corrected chi connectivity index (χ0v) is 22.0. The highest BCUT2D eigenvalue weighted by molar-refractivity contribution is 5.65. The molecule has 0 unspecified atom stereocenters. The van der Waals surface area contributed by atoms with Gasteiger partial charge in [0.25, 0.3) is 0 Å². The molecule has 38 heavy (non-hydrogen) atoms. The van der Waals surface area contributed by atoms with Crippen LogP contribution in [0.4, 0.5) is 27.6 Å². The van der Waals surface area contributed by atoms with Crippen LogP contribution in [0.15, 0.2) is 59.8 Å². The van der Waals surface area contributed by atoms with E-state index in [0.29, 0.717) is 6.20 Å². The molecule has 1 aliphatic rings. The van der Waals surface area contributed by atoms with E-state index in [-0.39, 0.29) is 18.5 Å². The Morgan fingerprint density at radius 2 is 1.47 bits per heavy atom. The second-order valence-corrected chi connectivity index (χ2v) is 10.1. The van der Waals surface area contributed by atoms with Gasteiger partial charge in [-0.2, -0.15) is 0 Å². The molecule has 0 fully saturated rings. The van der Waals surface area contributed by atoms with Crippen molar-refractivity contribution in [1.82, 2.24) is 5.01 Å². The molecule has 0 atom stereocenters. The molecule has 2 aromatic carbocycles. The molecule has 0 saturated carbocycles. The fourth-order valence-electron chi connectivity index (χ4n) is 4.50. The summed E-state index contributed by atoms with van der Waals surface area (Å²) in [5.74, 6) is -4.47. The van der Waals surface area contributed by atoms with Crippen molar-refractivity contribution in [1.29, 1.82) is 0 Å². The quantitative estimate of drug-likeness (QED) is 0.131. The number of allylic oxidation sites excluding steroid dienone is 5. The molecule has 0 heterocycles. The summed E-state index contributed by atoms with van der Waals surface area (Å²) in [7, 11) is 1.79. The van der Waals surface area contributed by atoms with Crippen LogP contribution >= 0.6 is 0 Å². The second-order valence-electron chi connectivity index (χ2n) is 10.1. The van der Waals surface area contributed by atoms with Crippen LogP contribution in [0.2, 0.25) is 0 Å². The Morgan fingerprint density at radius 3 is 2.03 bits per heavy atom. The lowest BCUT2D eigenvalue weighted by atomic mass is 9.75. The highest BCUT2D eigenvalue weighted by Gasteiger charge is 2.29. The molecule has 204 valence electrons. The van der Waals surface area contributed by atoms with Gasteiger partial charge in [-0.3, -0.25) is 0 Å². The zero-order chi connectivity index (χ0) is 28.2. The van der Waals surface area contributed by atoms with E-state index in [1.807, 2.05) is 29.2 Å². The van der Waals surface area contributed by atoms with Crippen molar-refractivity contribution in [2.24, 2.45) is 17.0 Å². The topological polar surface area (TPSA) is 58.5 Å². The van der Waals surface area contributed by atoms with Gasteiger partial charge in [0, 0.05) is 25.5 Å². The SMILES string of the molecule is C/C=C1C=C(/C=C/c2ccc(N(C)CCN(N)/C(=C\N)c3c(F)c(F)c(F)c(F)c3F)cc2)CC(C)(C)C/1. The summed E-state index contributed by atoms with van der Waals surface area (Å²) < 4.78 is 69.2. The minimum atomic E-state index is -2.25. The Labute approximate surface area is 220 Å². The van der Waals surface area contributed by atoms with Gasteiger partial charge in [-0.25, -0.2) is 27.8 Å². The molecule has 0 bridgehead atoms. The van der Waals surface area contributed by atoms with Crippen molar-refractivity contribution in [3.63, 3.8) is 0 Å². The highest BCUT2D eigenvalue weighted by atomic mass is 19.2. The third-order valence-electron chi connectivity index (χ3n) is 6.54. The Kier molecular flexibility index (Phi) is 9.04. The first kappa shape index (κ1) is 29.0. The van der Waals surface area contributed by atoms with E-state index >= 15 is 0 Å². The molecule has 0 amide bonds. The Hall–Kier alpha value is -3.59. The van der Waals surface area contributed by atoms with Crippen LogP contribution in [-0.2, 0) is 0 Å².